The van der Waals surface area contributed by atoms with E-state index in [0.717, 1.165) is 66.5 Å². The van der Waals surface area contributed by atoms with E-state index in [2.05, 4.69) is 23.1 Å². The van der Waals surface area contributed by atoms with Crippen LogP contribution in [0.1, 0.15) is 67.5 Å². The molecule has 8 heteroatoms. The minimum Gasteiger partial charge on any atom is -0.394 e. The van der Waals surface area contributed by atoms with Gasteiger partial charge in [0.1, 0.15) is 6.33 Å². The molecule has 2 heterocycles. The van der Waals surface area contributed by atoms with E-state index in [0.29, 0.717) is 24.4 Å². The maximum absolute atomic E-state index is 14.1. The van der Waals surface area contributed by atoms with E-state index >= 15 is 0 Å². The van der Waals surface area contributed by atoms with E-state index in [1.54, 1.807) is 0 Å². The number of nitriles is 1. The van der Waals surface area contributed by atoms with E-state index < -0.39 is 0 Å². The van der Waals surface area contributed by atoms with Gasteiger partial charge in [-0.25, -0.2) is 4.52 Å². The van der Waals surface area contributed by atoms with Gasteiger partial charge in [-0.3, -0.25) is 9.36 Å². The highest BCUT2D eigenvalue weighted by Gasteiger charge is 2.28. The molecule has 1 aliphatic carbocycles. The Bertz CT molecular complexity index is 1490. The highest BCUT2D eigenvalue weighted by atomic mass is 16.5. The second kappa shape index (κ2) is 11.7. The van der Waals surface area contributed by atoms with E-state index in [9.17, 15) is 10.1 Å². The molecule has 1 aliphatic rings. The second-order valence-corrected chi connectivity index (χ2v) is 9.88. The highest BCUT2D eigenvalue weighted by Crippen LogP contribution is 2.31. The Labute approximate surface area is 222 Å². The number of fused-ring (bicyclic) bond motifs is 1. The molecule has 0 unspecified atom stereocenters. The fourth-order valence-corrected chi connectivity index (χ4v) is 5.61. The molecule has 0 atom stereocenters. The molecule has 2 aromatic carbocycles. The molecule has 2 aromatic heterocycles. The zero-order valence-corrected chi connectivity index (χ0v) is 21.7. The Morgan fingerprint density at radius 3 is 2.58 bits per heavy atom. The second-order valence-electron chi connectivity index (χ2n) is 9.88. The first kappa shape index (κ1) is 25.8. The van der Waals surface area contributed by atoms with Crippen molar-refractivity contribution in [2.24, 2.45) is 0 Å². The SMILES string of the molecule is CCCc1c(Cc2ccc(-c3ccccc3C#N)cc2)c(=O)n([C@H]2CC[C@@H](OCCO)CC2)c2ncnn12. The molecular weight excluding hydrogens is 478 g/mol. The van der Waals surface area contributed by atoms with Gasteiger partial charge < -0.3 is 9.84 Å². The number of benzene rings is 2. The molecule has 0 bridgehead atoms. The molecular formula is C30H33N5O3. The summed E-state index contributed by atoms with van der Waals surface area (Å²) in [7, 11) is 0. The summed E-state index contributed by atoms with van der Waals surface area (Å²) in [6.45, 7) is 2.47. The van der Waals surface area contributed by atoms with Gasteiger partial charge in [0.05, 0.1) is 36.6 Å². The number of nitrogens with zero attached hydrogens (tertiary/aromatic N) is 5. The molecule has 5 rings (SSSR count). The molecule has 0 saturated heterocycles. The number of aromatic nitrogens is 4. The van der Waals surface area contributed by atoms with Gasteiger partial charge in [0.25, 0.3) is 5.56 Å². The van der Waals surface area contributed by atoms with Crippen molar-refractivity contribution in [3.05, 3.63) is 87.6 Å². The maximum Gasteiger partial charge on any atom is 0.259 e. The van der Waals surface area contributed by atoms with Gasteiger partial charge in [0.15, 0.2) is 0 Å². The van der Waals surface area contributed by atoms with Crippen LogP contribution < -0.4 is 5.56 Å². The van der Waals surface area contributed by atoms with E-state index in [4.69, 9.17) is 9.84 Å². The molecule has 1 saturated carbocycles. The zero-order valence-electron chi connectivity index (χ0n) is 21.7. The van der Waals surface area contributed by atoms with Crippen molar-refractivity contribution in [1.29, 1.82) is 5.26 Å². The topological polar surface area (TPSA) is 105 Å². The Morgan fingerprint density at radius 2 is 1.87 bits per heavy atom. The van der Waals surface area contributed by atoms with Gasteiger partial charge in [0, 0.05) is 18.0 Å². The predicted molar refractivity (Wildman–Crippen MR) is 145 cm³/mol. The Hall–Kier alpha value is -3.80. The minimum atomic E-state index is 0.00702. The molecule has 0 spiro atoms. The van der Waals surface area contributed by atoms with Gasteiger partial charge in [-0.1, -0.05) is 55.8 Å². The fraction of sp³-hybridized carbons (Fsp3) is 0.400. The van der Waals surface area contributed by atoms with Crippen LogP contribution in [-0.2, 0) is 17.6 Å². The summed E-state index contributed by atoms with van der Waals surface area (Å²) in [5.41, 5.74) is 5.23. The van der Waals surface area contributed by atoms with Crippen LogP contribution in [-0.4, -0.2) is 43.6 Å². The monoisotopic (exact) mass is 511 g/mol. The number of rotatable bonds is 9. The lowest BCUT2D eigenvalue weighted by atomic mass is 9.92. The van der Waals surface area contributed by atoms with Gasteiger partial charge in [-0.15, -0.1) is 0 Å². The summed E-state index contributed by atoms with van der Waals surface area (Å²) in [5.74, 6) is 0.602. The van der Waals surface area contributed by atoms with Crippen molar-refractivity contribution in [3.8, 4) is 17.2 Å². The Balaban J connectivity index is 1.49. The molecule has 0 aliphatic heterocycles. The third-order valence-electron chi connectivity index (χ3n) is 7.46. The maximum atomic E-state index is 14.1. The van der Waals surface area contributed by atoms with Crippen molar-refractivity contribution in [2.75, 3.05) is 13.2 Å². The van der Waals surface area contributed by atoms with Crippen molar-refractivity contribution < 1.29 is 9.84 Å². The summed E-state index contributed by atoms with van der Waals surface area (Å²) in [5, 5.41) is 23.1. The number of aliphatic hydroxyl groups is 1. The first-order chi connectivity index (χ1) is 18.6. The van der Waals surface area contributed by atoms with Crippen molar-refractivity contribution in [1.82, 2.24) is 19.2 Å². The molecule has 1 fully saturated rings. The molecule has 4 aromatic rings. The number of ether oxygens (including phenoxy) is 1. The van der Waals surface area contributed by atoms with Crippen LogP contribution in [0.4, 0.5) is 0 Å². The quantitative estimate of drug-likeness (QED) is 0.356. The average molecular weight is 512 g/mol. The van der Waals surface area contributed by atoms with Crippen LogP contribution in [0.3, 0.4) is 0 Å². The van der Waals surface area contributed by atoms with E-state index in [-0.39, 0.29) is 24.3 Å². The van der Waals surface area contributed by atoms with Crippen LogP contribution in [0.2, 0.25) is 0 Å². The van der Waals surface area contributed by atoms with Crippen LogP contribution in [0, 0.1) is 11.3 Å². The summed E-state index contributed by atoms with van der Waals surface area (Å²) in [6, 6.07) is 18.0. The highest BCUT2D eigenvalue weighted by molar-refractivity contribution is 5.70. The van der Waals surface area contributed by atoms with Crippen molar-refractivity contribution >= 4 is 5.78 Å². The number of hydrogen-bond acceptors (Lipinski definition) is 6. The average Bonchev–Trinajstić information content (AvgIpc) is 3.44. The largest absolute Gasteiger partial charge is 0.394 e. The number of hydrogen-bond donors (Lipinski definition) is 1. The molecule has 8 nitrogen and oxygen atoms in total. The Kier molecular flexibility index (Phi) is 7.97. The normalized spacial score (nSPS) is 17.5. The molecule has 0 radical (unpaired) electrons. The summed E-state index contributed by atoms with van der Waals surface area (Å²) < 4.78 is 9.44. The van der Waals surface area contributed by atoms with Gasteiger partial charge in [-0.2, -0.15) is 15.3 Å². The first-order valence-electron chi connectivity index (χ1n) is 13.4. The van der Waals surface area contributed by atoms with Crippen LogP contribution >= 0.6 is 0 Å². The predicted octanol–water partition coefficient (Wildman–Crippen LogP) is 4.47. The molecule has 38 heavy (non-hydrogen) atoms. The van der Waals surface area contributed by atoms with Crippen LogP contribution in [0.15, 0.2) is 59.7 Å². The fourth-order valence-electron chi connectivity index (χ4n) is 5.61. The molecule has 0 amide bonds. The lowest BCUT2D eigenvalue weighted by Gasteiger charge is -2.30. The number of aliphatic hydroxyl groups excluding tert-OH is 1. The van der Waals surface area contributed by atoms with Crippen LogP contribution in [0.5, 0.6) is 0 Å². The number of aryl methyl sites for hydroxylation is 1. The lowest BCUT2D eigenvalue weighted by molar-refractivity contribution is 0.00158. The van der Waals surface area contributed by atoms with Gasteiger partial charge in [0.2, 0.25) is 5.78 Å². The smallest absolute Gasteiger partial charge is 0.259 e. The summed E-state index contributed by atoms with van der Waals surface area (Å²) in [6.07, 6.45) is 7.10. The standard InChI is InChI=1S/C30H33N5O3/c1-2-5-28-27(18-21-8-10-22(11-9-21)26-7-4-3-6-23(26)19-31)29(37)34(30-32-20-33-35(28)30)24-12-14-25(15-13-24)38-17-16-36/h3-4,6-11,20,24-25,36H,2,5,12-18H2,1H3/t24-,25+. The molecule has 196 valence electrons. The lowest BCUT2D eigenvalue weighted by Crippen LogP contribution is -2.35. The summed E-state index contributed by atoms with van der Waals surface area (Å²) in [4.78, 5) is 18.6. The van der Waals surface area contributed by atoms with Crippen molar-refractivity contribution in [2.45, 2.75) is 64.0 Å². The van der Waals surface area contributed by atoms with Gasteiger partial charge in [-0.05, 0) is 54.9 Å². The van der Waals surface area contributed by atoms with Crippen molar-refractivity contribution in [3.63, 3.8) is 0 Å². The van der Waals surface area contributed by atoms with Crippen LogP contribution in [0.25, 0.3) is 16.9 Å². The van der Waals surface area contributed by atoms with E-state index in [1.807, 2.05) is 57.6 Å². The minimum absolute atomic E-state index is 0.00702. The zero-order chi connectivity index (χ0) is 26.5. The third-order valence-corrected chi connectivity index (χ3v) is 7.46. The first-order valence-corrected chi connectivity index (χ1v) is 13.4. The summed E-state index contributed by atoms with van der Waals surface area (Å²) >= 11 is 0. The third kappa shape index (κ3) is 5.13. The van der Waals surface area contributed by atoms with Gasteiger partial charge >= 0.3 is 0 Å². The molecule has 1 N–H and O–H groups in total. The Morgan fingerprint density at radius 1 is 1.11 bits per heavy atom. The van der Waals surface area contributed by atoms with E-state index in [1.165, 1.54) is 6.33 Å².